The Morgan fingerprint density at radius 2 is 1.88 bits per heavy atom. The fourth-order valence-corrected chi connectivity index (χ4v) is 2.89. The lowest BCUT2D eigenvalue weighted by atomic mass is 10.0. The Kier molecular flexibility index (Phi) is 6.59. The highest BCUT2D eigenvalue weighted by atomic mass is 35.5. The van der Waals surface area contributed by atoms with E-state index in [2.05, 4.69) is 5.32 Å². The number of ether oxygens (including phenoxy) is 1. The second-order valence-corrected chi connectivity index (χ2v) is 6.10. The summed E-state index contributed by atoms with van der Waals surface area (Å²) in [5.74, 6) is 0.175. The van der Waals surface area contributed by atoms with E-state index in [1.165, 1.54) is 6.92 Å². The molecule has 0 aromatic heterocycles. The van der Waals surface area contributed by atoms with E-state index in [-0.39, 0.29) is 18.3 Å². The number of halogens is 1. The van der Waals surface area contributed by atoms with Gasteiger partial charge in [0.05, 0.1) is 0 Å². The molecule has 0 aliphatic heterocycles. The molecule has 1 N–H and O–H groups in total. The molecule has 0 aliphatic carbocycles. The Balaban J connectivity index is 2.09. The SMILES string of the molecule is CCc1ccc(Cl)c(CC)c1NC(=O)COc1cccc(C(C)=O)c1. The Morgan fingerprint density at radius 1 is 1.12 bits per heavy atom. The van der Waals surface area contributed by atoms with Gasteiger partial charge in [-0.2, -0.15) is 0 Å². The molecule has 132 valence electrons. The summed E-state index contributed by atoms with van der Waals surface area (Å²) in [7, 11) is 0. The zero-order chi connectivity index (χ0) is 18.4. The van der Waals surface area contributed by atoms with Crippen LogP contribution in [0.2, 0.25) is 5.02 Å². The average Bonchev–Trinajstić information content (AvgIpc) is 2.60. The van der Waals surface area contributed by atoms with Gasteiger partial charge >= 0.3 is 0 Å². The maximum atomic E-state index is 12.3. The Bertz CT molecular complexity index is 787. The molecule has 0 unspecified atom stereocenters. The molecule has 0 bridgehead atoms. The fourth-order valence-electron chi connectivity index (χ4n) is 2.60. The lowest BCUT2D eigenvalue weighted by Crippen LogP contribution is -2.22. The third-order valence-electron chi connectivity index (χ3n) is 3.95. The van der Waals surface area contributed by atoms with Crippen molar-refractivity contribution in [3.8, 4) is 5.75 Å². The molecular weight excluding hydrogens is 338 g/mol. The third kappa shape index (κ3) is 4.83. The van der Waals surface area contributed by atoms with Crippen molar-refractivity contribution in [2.45, 2.75) is 33.6 Å². The van der Waals surface area contributed by atoms with Crippen molar-refractivity contribution in [3.63, 3.8) is 0 Å². The topological polar surface area (TPSA) is 55.4 Å². The monoisotopic (exact) mass is 359 g/mol. The van der Waals surface area contributed by atoms with Crippen LogP contribution in [0.25, 0.3) is 0 Å². The highest BCUT2D eigenvalue weighted by Gasteiger charge is 2.13. The minimum atomic E-state index is -0.264. The number of carbonyl (C=O) groups excluding carboxylic acids is 2. The molecule has 0 radical (unpaired) electrons. The van der Waals surface area contributed by atoms with Gasteiger partial charge in [0.1, 0.15) is 5.75 Å². The van der Waals surface area contributed by atoms with E-state index < -0.39 is 0 Å². The van der Waals surface area contributed by atoms with Crippen LogP contribution in [0.15, 0.2) is 36.4 Å². The van der Waals surface area contributed by atoms with Crippen LogP contribution in [0.4, 0.5) is 5.69 Å². The zero-order valence-corrected chi connectivity index (χ0v) is 15.4. The predicted molar refractivity (Wildman–Crippen MR) is 101 cm³/mol. The number of rotatable bonds is 7. The van der Waals surface area contributed by atoms with E-state index in [9.17, 15) is 9.59 Å². The molecule has 0 aliphatic rings. The summed E-state index contributed by atoms with van der Waals surface area (Å²) in [4.78, 5) is 23.7. The molecule has 0 spiro atoms. The van der Waals surface area contributed by atoms with Crippen LogP contribution >= 0.6 is 11.6 Å². The highest BCUT2D eigenvalue weighted by molar-refractivity contribution is 6.32. The van der Waals surface area contributed by atoms with Crippen molar-refractivity contribution in [3.05, 3.63) is 58.1 Å². The number of ketones is 1. The number of carbonyl (C=O) groups is 2. The van der Waals surface area contributed by atoms with Crippen LogP contribution in [0.3, 0.4) is 0 Å². The summed E-state index contributed by atoms with van der Waals surface area (Å²) in [6.45, 7) is 5.38. The van der Waals surface area contributed by atoms with E-state index in [0.717, 1.165) is 29.7 Å². The first-order chi connectivity index (χ1) is 12.0. The molecule has 5 heteroatoms. The normalized spacial score (nSPS) is 10.4. The van der Waals surface area contributed by atoms with E-state index in [4.69, 9.17) is 16.3 Å². The first-order valence-corrected chi connectivity index (χ1v) is 8.67. The summed E-state index contributed by atoms with van der Waals surface area (Å²) in [6.07, 6.45) is 1.52. The lowest BCUT2D eigenvalue weighted by Gasteiger charge is -2.16. The quantitative estimate of drug-likeness (QED) is 0.730. The van der Waals surface area contributed by atoms with Crippen molar-refractivity contribution in [1.82, 2.24) is 0 Å². The Hall–Kier alpha value is -2.33. The summed E-state index contributed by atoms with van der Waals surface area (Å²) in [6, 6.07) is 10.6. The molecule has 0 saturated heterocycles. The molecule has 2 rings (SSSR count). The molecule has 2 aromatic carbocycles. The minimum Gasteiger partial charge on any atom is -0.484 e. The molecule has 2 aromatic rings. The Morgan fingerprint density at radius 3 is 2.52 bits per heavy atom. The van der Waals surface area contributed by atoms with Crippen molar-refractivity contribution in [1.29, 1.82) is 0 Å². The third-order valence-corrected chi connectivity index (χ3v) is 4.31. The van der Waals surface area contributed by atoms with Gasteiger partial charge < -0.3 is 10.1 Å². The minimum absolute atomic E-state index is 0.0472. The molecule has 0 heterocycles. The number of aryl methyl sites for hydroxylation is 1. The van der Waals surface area contributed by atoms with Gasteiger partial charge in [0.15, 0.2) is 12.4 Å². The number of anilines is 1. The maximum absolute atomic E-state index is 12.3. The molecule has 0 atom stereocenters. The largest absolute Gasteiger partial charge is 0.484 e. The number of benzene rings is 2. The van der Waals surface area contributed by atoms with Crippen LogP contribution in [0.1, 0.15) is 42.3 Å². The predicted octanol–water partition coefficient (Wildman–Crippen LogP) is 4.68. The molecule has 4 nitrogen and oxygen atoms in total. The molecule has 25 heavy (non-hydrogen) atoms. The van der Waals surface area contributed by atoms with Gasteiger partial charge in [0.25, 0.3) is 5.91 Å². The number of hydrogen-bond donors (Lipinski definition) is 1. The molecule has 0 saturated carbocycles. The van der Waals surface area contributed by atoms with Crippen LogP contribution in [-0.4, -0.2) is 18.3 Å². The summed E-state index contributed by atoms with van der Waals surface area (Å²) in [5, 5.41) is 3.56. The first-order valence-electron chi connectivity index (χ1n) is 8.30. The zero-order valence-electron chi connectivity index (χ0n) is 14.7. The second-order valence-electron chi connectivity index (χ2n) is 5.69. The number of Topliss-reactive ketones (excluding diaryl/α,β-unsaturated/α-hetero) is 1. The number of nitrogens with one attached hydrogen (secondary N) is 1. The van der Waals surface area contributed by atoms with Crippen LogP contribution in [0, 0.1) is 0 Å². The summed E-state index contributed by atoms with van der Waals surface area (Å²) in [5.41, 5.74) is 3.28. The summed E-state index contributed by atoms with van der Waals surface area (Å²) < 4.78 is 5.51. The number of amides is 1. The Labute approximate surface area is 153 Å². The van der Waals surface area contributed by atoms with Gasteiger partial charge in [-0.25, -0.2) is 0 Å². The summed E-state index contributed by atoms with van der Waals surface area (Å²) >= 11 is 6.25. The molecule has 0 fully saturated rings. The second kappa shape index (κ2) is 8.67. The standard InChI is InChI=1S/C20H22ClNO3/c1-4-14-9-10-18(21)17(5-2)20(14)22-19(24)12-25-16-8-6-7-15(11-16)13(3)23/h6-11H,4-5,12H2,1-3H3,(H,22,24). The van der Waals surface area contributed by atoms with E-state index >= 15 is 0 Å². The van der Waals surface area contributed by atoms with Gasteiger partial charge in [-0.05, 0) is 49.1 Å². The van der Waals surface area contributed by atoms with Gasteiger partial charge in [-0.3, -0.25) is 9.59 Å². The van der Waals surface area contributed by atoms with Crippen LogP contribution in [0.5, 0.6) is 5.75 Å². The smallest absolute Gasteiger partial charge is 0.262 e. The lowest BCUT2D eigenvalue weighted by molar-refractivity contribution is -0.118. The maximum Gasteiger partial charge on any atom is 0.262 e. The van der Waals surface area contributed by atoms with Crippen LogP contribution in [-0.2, 0) is 17.6 Å². The van der Waals surface area contributed by atoms with E-state index in [1.807, 2.05) is 26.0 Å². The number of hydrogen-bond acceptors (Lipinski definition) is 3. The van der Waals surface area contributed by atoms with Gasteiger partial charge in [-0.1, -0.05) is 43.6 Å². The van der Waals surface area contributed by atoms with Crippen molar-refractivity contribution < 1.29 is 14.3 Å². The molecular formula is C20H22ClNO3. The van der Waals surface area contributed by atoms with Crippen molar-refractivity contribution >= 4 is 29.0 Å². The highest BCUT2D eigenvalue weighted by Crippen LogP contribution is 2.29. The van der Waals surface area contributed by atoms with Crippen molar-refractivity contribution in [2.24, 2.45) is 0 Å². The average molecular weight is 360 g/mol. The van der Waals surface area contributed by atoms with Crippen LogP contribution < -0.4 is 10.1 Å². The van der Waals surface area contributed by atoms with E-state index in [0.29, 0.717) is 16.3 Å². The van der Waals surface area contributed by atoms with E-state index in [1.54, 1.807) is 24.3 Å². The molecule has 1 amide bonds. The van der Waals surface area contributed by atoms with Gasteiger partial charge in [0.2, 0.25) is 0 Å². The van der Waals surface area contributed by atoms with Crippen molar-refractivity contribution in [2.75, 3.05) is 11.9 Å². The van der Waals surface area contributed by atoms with Gasteiger partial charge in [-0.15, -0.1) is 0 Å². The first kappa shape index (κ1) is 19.0. The fraction of sp³-hybridized carbons (Fsp3) is 0.300. The van der Waals surface area contributed by atoms with Gasteiger partial charge in [0, 0.05) is 16.3 Å².